The van der Waals surface area contributed by atoms with Crippen LogP contribution in [-0.2, 0) is 14.3 Å². The van der Waals surface area contributed by atoms with E-state index in [4.69, 9.17) is 14.0 Å². The number of carbonyl (C=O) groups is 3. The van der Waals surface area contributed by atoms with Crippen molar-refractivity contribution >= 4 is 34.2 Å². The predicted molar refractivity (Wildman–Crippen MR) is 92.4 cm³/mol. The van der Waals surface area contributed by atoms with Crippen LogP contribution in [0.5, 0.6) is 0 Å². The summed E-state index contributed by atoms with van der Waals surface area (Å²) in [5.74, 6) is -1.53. The van der Waals surface area contributed by atoms with Crippen LogP contribution in [0.25, 0.3) is 0 Å². The molecule has 0 aliphatic heterocycles. The number of esters is 2. The molecule has 2 aromatic heterocycles. The Morgan fingerprint density at radius 3 is 2.69 bits per heavy atom. The Hall–Kier alpha value is -2.68. The van der Waals surface area contributed by atoms with Crippen molar-refractivity contribution < 1.29 is 28.4 Å². The van der Waals surface area contributed by atoms with Gasteiger partial charge in [-0.05, 0) is 43.6 Å². The molecule has 8 nitrogen and oxygen atoms in total. The summed E-state index contributed by atoms with van der Waals surface area (Å²) in [5.41, 5.74) is 1.83. The van der Waals surface area contributed by atoms with Gasteiger partial charge in [0, 0.05) is 6.07 Å². The number of rotatable bonds is 7. The third-order valence-electron chi connectivity index (χ3n) is 3.73. The molecular formula is C17H18N2O6S. The molecule has 138 valence electrons. The Morgan fingerprint density at radius 1 is 1.31 bits per heavy atom. The molecular weight excluding hydrogens is 360 g/mol. The number of carbonyl (C=O) groups excluding carboxylic acids is 3. The first-order valence-corrected chi connectivity index (χ1v) is 9.06. The first kappa shape index (κ1) is 18.1. The number of aryl methyl sites for hydroxylation is 1. The molecule has 0 spiro atoms. The Bertz CT molecular complexity index is 836. The van der Waals surface area contributed by atoms with Crippen molar-refractivity contribution in [3.8, 4) is 0 Å². The fraction of sp³-hybridized carbons (Fsp3) is 0.412. The molecule has 3 rings (SSSR count). The minimum Gasteiger partial charge on any atom is -0.462 e. The third-order valence-corrected chi connectivity index (χ3v) is 4.65. The molecule has 1 aliphatic rings. The molecule has 9 heteroatoms. The molecule has 26 heavy (non-hydrogen) atoms. The van der Waals surface area contributed by atoms with Crippen molar-refractivity contribution in [1.82, 2.24) is 5.16 Å². The number of nitrogens with one attached hydrogen (secondary N) is 1. The summed E-state index contributed by atoms with van der Waals surface area (Å²) in [6, 6.07) is 1.42. The van der Waals surface area contributed by atoms with E-state index in [1.807, 2.05) is 5.38 Å². The van der Waals surface area contributed by atoms with Gasteiger partial charge in [-0.3, -0.25) is 4.79 Å². The topological polar surface area (TPSA) is 108 Å². The lowest BCUT2D eigenvalue weighted by Crippen LogP contribution is -2.21. The number of ether oxygens (including phenoxy) is 2. The van der Waals surface area contributed by atoms with Gasteiger partial charge in [0.2, 0.25) is 5.76 Å². The average molecular weight is 378 g/mol. The lowest BCUT2D eigenvalue weighted by Gasteiger charge is -2.08. The van der Waals surface area contributed by atoms with Crippen molar-refractivity contribution in [1.29, 1.82) is 0 Å². The summed E-state index contributed by atoms with van der Waals surface area (Å²) in [7, 11) is 0. The van der Waals surface area contributed by atoms with Gasteiger partial charge in [0.1, 0.15) is 5.00 Å². The van der Waals surface area contributed by atoms with E-state index in [1.165, 1.54) is 17.4 Å². The second-order valence-corrected chi connectivity index (χ2v) is 6.73. The number of aromatic nitrogens is 1. The van der Waals surface area contributed by atoms with Crippen molar-refractivity contribution in [3.05, 3.63) is 34.0 Å². The minimum atomic E-state index is -0.781. The molecule has 0 radical (unpaired) electrons. The van der Waals surface area contributed by atoms with Crippen LogP contribution >= 0.6 is 11.3 Å². The van der Waals surface area contributed by atoms with Gasteiger partial charge >= 0.3 is 11.9 Å². The predicted octanol–water partition coefficient (Wildman–Crippen LogP) is 2.89. The molecule has 2 aromatic rings. The van der Waals surface area contributed by atoms with Crippen molar-refractivity contribution in [2.45, 2.75) is 32.6 Å². The quantitative estimate of drug-likeness (QED) is 0.738. The summed E-state index contributed by atoms with van der Waals surface area (Å²) in [4.78, 5) is 36.1. The fourth-order valence-corrected chi connectivity index (χ4v) is 3.44. The summed E-state index contributed by atoms with van der Waals surface area (Å²) in [6.45, 7) is 3.14. The molecule has 0 unspecified atom stereocenters. The van der Waals surface area contributed by atoms with Crippen LogP contribution in [0.3, 0.4) is 0 Å². The van der Waals surface area contributed by atoms with E-state index in [-0.39, 0.29) is 12.4 Å². The van der Waals surface area contributed by atoms with Crippen molar-refractivity contribution in [3.63, 3.8) is 0 Å². The highest BCUT2D eigenvalue weighted by Crippen LogP contribution is 2.46. The van der Waals surface area contributed by atoms with E-state index < -0.39 is 24.5 Å². The van der Waals surface area contributed by atoms with Gasteiger partial charge in [-0.15, -0.1) is 11.3 Å². The van der Waals surface area contributed by atoms with Gasteiger partial charge in [0.05, 0.1) is 17.9 Å². The van der Waals surface area contributed by atoms with E-state index in [9.17, 15) is 14.4 Å². The molecule has 1 saturated carbocycles. The van der Waals surface area contributed by atoms with Crippen LogP contribution < -0.4 is 5.32 Å². The number of thiophene rings is 1. The smallest absolute Gasteiger partial charge is 0.377 e. The van der Waals surface area contributed by atoms with Gasteiger partial charge in [-0.2, -0.15) is 0 Å². The van der Waals surface area contributed by atoms with E-state index in [2.05, 4.69) is 10.5 Å². The van der Waals surface area contributed by atoms with E-state index in [0.717, 1.165) is 18.4 Å². The Balaban J connectivity index is 1.63. The fourth-order valence-electron chi connectivity index (χ4n) is 2.40. The second-order valence-electron chi connectivity index (χ2n) is 5.85. The zero-order chi connectivity index (χ0) is 18.7. The molecule has 0 atom stereocenters. The highest BCUT2D eigenvalue weighted by molar-refractivity contribution is 7.15. The summed E-state index contributed by atoms with van der Waals surface area (Å²) in [5, 5.41) is 8.47. The van der Waals surface area contributed by atoms with Crippen LogP contribution in [0.2, 0.25) is 0 Å². The Kier molecular flexibility index (Phi) is 5.36. The Morgan fingerprint density at radius 2 is 2.08 bits per heavy atom. The van der Waals surface area contributed by atoms with E-state index in [1.54, 1.807) is 13.8 Å². The zero-order valence-corrected chi connectivity index (χ0v) is 15.2. The van der Waals surface area contributed by atoms with E-state index in [0.29, 0.717) is 22.2 Å². The van der Waals surface area contributed by atoms with Gasteiger partial charge in [0.15, 0.2) is 6.61 Å². The minimum absolute atomic E-state index is 0.0744. The summed E-state index contributed by atoms with van der Waals surface area (Å²) in [6.07, 6.45) is 2.04. The highest BCUT2D eigenvalue weighted by atomic mass is 32.1. The van der Waals surface area contributed by atoms with Gasteiger partial charge in [-0.1, -0.05) is 5.16 Å². The normalized spacial score (nSPS) is 13.3. The van der Waals surface area contributed by atoms with Crippen molar-refractivity contribution in [2.24, 2.45) is 0 Å². The maximum Gasteiger partial charge on any atom is 0.377 e. The maximum absolute atomic E-state index is 12.2. The van der Waals surface area contributed by atoms with Crippen LogP contribution in [0, 0.1) is 6.92 Å². The molecule has 0 bridgehead atoms. The molecule has 1 aliphatic carbocycles. The number of hydrogen-bond acceptors (Lipinski definition) is 8. The van der Waals surface area contributed by atoms with Gasteiger partial charge < -0.3 is 19.3 Å². The molecule has 1 fully saturated rings. The standard InChI is InChI=1S/C17H18N2O6S/c1-3-23-17(22)14-11(10-4-5-10)8-26-15(14)18-13(20)7-24-16(21)12-6-9(2)19-25-12/h6,8,10H,3-5,7H2,1-2H3,(H,18,20). The highest BCUT2D eigenvalue weighted by Gasteiger charge is 2.32. The lowest BCUT2D eigenvalue weighted by molar-refractivity contribution is -0.119. The van der Waals surface area contributed by atoms with Crippen LogP contribution in [0.1, 0.15) is 57.9 Å². The van der Waals surface area contributed by atoms with Crippen molar-refractivity contribution in [2.75, 3.05) is 18.5 Å². The van der Waals surface area contributed by atoms with Gasteiger partial charge in [0.25, 0.3) is 5.91 Å². The number of amides is 1. The summed E-state index contributed by atoms with van der Waals surface area (Å²) < 4.78 is 14.8. The third kappa shape index (κ3) is 4.10. The monoisotopic (exact) mass is 378 g/mol. The van der Waals surface area contributed by atoms with Gasteiger partial charge in [-0.25, -0.2) is 9.59 Å². The molecule has 2 heterocycles. The number of hydrogen-bond donors (Lipinski definition) is 1. The van der Waals surface area contributed by atoms with Crippen LogP contribution in [0.15, 0.2) is 16.0 Å². The Labute approximate surface area is 153 Å². The maximum atomic E-state index is 12.2. The van der Waals surface area contributed by atoms with Crippen LogP contribution in [0.4, 0.5) is 5.00 Å². The first-order chi connectivity index (χ1) is 12.5. The zero-order valence-electron chi connectivity index (χ0n) is 14.4. The SMILES string of the molecule is CCOC(=O)c1c(C2CC2)csc1NC(=O)COC(=O)c1cc(C)no1. The summed E-state index contributed by atoms with van der Waals surface area (Å²) >= 11 is 1.26. The first-order valence-electron chi connectivity index (χ1n) is 8.18. The molecule has 1 amide bonds. The molecule has 1 N–H and O–H groups in total. The van der Waals surface area contributed by atoms with E-state index >= 15 is 0 Å². The molecule has 0 saturated heterocycles. The molecule has 0 aromatic carbocycles. The number of nitrogens with zero attached hydrogens (tertiary/aromatic N) is 1. The van der Waals surface area contributed by atoms with Crippen LogP contribution in [-0.4, -0.2) is 36.2 Å². The largest absolute Gasteiger partial charge is 0.462 e. The lowest BCUT2D eigenvalue weighted by atomic mass is 10.1. The second kappa shape index (κ2) is 7.69. The average Bonchev–Trinajstić information content (AvgIpc) is 3.23. The number of anilines is 1.